The third-order valence-corrected chi connectivity index (χ3v) is 5.67. The monoisotopic (exact) mass is 404 g/mol. The van der Waals surface area contributed by atoms with E-state index in [9.17, 15) is 18.5 Å². The molecule has 0 amide bonds. The summed E-state index contributed by atoms with van der Waals surface area (Å²) in [5, 5.41) is 9.31. The molecule has 0 spiro atoms. The molecule has 10 heteroatoms. The molecule has 2 heterocycles. The highest BCUT2D eigenvalue weighted by atomic mass is 32.2. The van der Waals surface area contributed by atoms with Gasteiger partial charge in [-0.2, -0.15) is 5.26 Å². The first-order valence-electron chi connectivity index (χ1n) is 8.44. The van der Waals surface area contributed by atoms with Crippen LogP contribution in [-0.2, 0) is 19.3 Å². The van der Waals surface area contributed by atoms with E-state index in [1.54, 1.807) is 12.1 Å². The third-order valence-electron chi connectivity index (χ3n) is 4.52. The number of rotatable bonds is 4. The van der Waals surface area contributed by atoms with Crippen molar-refractivity contribution in [1.82, 2.24) is 4.57 Å². The Labute approximate surface area is 162 Å². The second-order valence-electron chi connectivity index (χ2n) is 6.30. The standard InChI is InChI=1S/C18H20N4O5S/c1-26-18(23)17-16(20)12(10-19)11-22(17)14-9-13(21-5-7-27-8-6-21)3-4-15(14)28(2,24)25/h3-4,9,11H,5-8,20H2,1-2H3. The smallest absolute Gasteiger partial charge is 0.357 e. The zero-order valence-electron chi connectivity index (χ0n) is 15.5. The number of sulfone groups is 1. The molecule has 148 valence electrons. The van der Waals surface area contributed by atoms with Gasteiger partial charge in [0.05, 0.1) is 42.2 Å². The van der Waals surface area contributed by atoms with E-state index in [0.717, 1.165) is 11.9 Å². The van der Waals surface area contributed by atoms with E-state index in [2.05, 4.69) is 4.90 Å². The minimum atomic E-state index is -3.63. The van der Waals surface area contributed by atoms with Gasteiger partial charge in [0.25, 0.3) is 0 Å². The summed E-state index contributed by atoms with van der Waals surface area (Å²) in [7, 11) is -2.44. The molecule has 28 heavy (non-hydrogen) atoms. The van der Waals surface area contributed by atoms with Crippen molar-refractivity contribution >= 4 is 27.2 Å². The van der Waals surface area contributed by atoms with Gasteiger partial charge in [-0.05, 0) is 18.2 Å². The number of nitriles is 1. The lowest BCUT2D eigenvalue weighted by atomic mass is 10.2. The summed E-state index contributed by atoms with van der Waals surface area (Å²) in [5.41, 5.74) is 6.83. The molecule has 0 aliphatic carbocycles. The summed E-state index contributed by atoms with van der Waals surface area (Å²) < 4.78 is 36.2. The highest BCUT2D eigenvalue weighted by Crippen LogP contribution is 2.31. The van der Waals surface area contributed by atoms with Crippen molar-refractivity contribution in [3.05, 3.63) is 35.7 Å². The number of nitrogens with zero attached hydrogens (tertiary/aromatic N) is 3. The summed E-state index contributed by atoms with van der Waals surface area (Å²) in [6.45, 7) is 2.43. The average molecular weight is 404 g/mol. The number of hydrogen-bond acceptors (Lipinski definition) is 8. The fourth-order valence-corrected chi connectivity index (χ4v) is 3.98. The maximum atomic E-state index is 12.4. The molecule has 1 aliphatic heterocycles. The molecule has 0 atom stereocenters. The van der Waals surface area contributed by atoms with E-state index in [4.69, 9.17) is 15.2 Å². The molecule has 9 nitrogen and oxygen atoms in total. The van der Waals surface area contributed by atoms with Crippen LogP contribution in [-0.4, -0.2) is 58.6 Å². The van der Waals surface area contributed by atoms with Crippen molar-refractivity contribution in [2.45, 2.75) is 4.90 Å². The quantitative estimate of drug-likeness (QED) is 0.746. The minimum absolute atomic E-state index is 0.00847. The number of morpholine rings is 1. The highest BCUT2D eigenvalue weighted by molar-refractivity contribution is 7.90. The number of hydrogen-bond donors (Lipinski definition) is 1. The zero-order valence-corrected chi connectivity index (χ0v) is 16.3. The number of methoxy groups -OCH3 is 1. The van der Waals surface area contributed by atoms with Crippen LogP contribution in [0.5, 0.6) is 0 Å². The number of carbonyl (C=O) groups excluding carboxylic acids is 1. The fourth-order valence-electron chi connectivity index (χ4n) is 3.13. The van der Waals surface area contributed by atoms with Gasteiger partial charge < -0.3 is 24.7 Å². The number of benzene rings is 1. The number of esters is 1. The van der Waals surface area contributed by atoms with Crippen molar-refractivity contribution < 1.29 is 22.7 Å². The molecule has 1 saturated heterocycles. The van der Waals surface area contributed by atoms with Crippen LogP contribution in [0.25, 0.3) is 5.69 Å². The Balaban J connectivity index is 2.27. The number of carbonyl (C=O) groups is 1. The fraction of sp³-hybridized carbons (Fsp3) is 0.333. The second-order valence-corrected chi connectivity index (χ2v) is 8.29. The maximum Gasteiger partial charge on any atom is 0.357 e. The van der Waals surface area contributed by atoms with Crippen LogP contribution >= 0.6 is 0 Å². The van der Waals surface area contributed by atoms with Crippen LogP contribution in [0.3, 0.4) is 0 Å². The van der Waals surface area contributed by atoms with Crippen molar-refractivity contribution in [2.75, 3.05) is 50.3 Å². The highest BCUT2D eigenvalue weighted by Gasteiger charge is 2.26. The van der Waals surface area contributed by atoms with Crippen molar-refractivity contribution in [3.63, 3.8) is 0 Å². The lowest BCUT2D eigenvalue weighted by Crippen LogP contribution is -2.36. The first-order valence-corrected chi connectivity index (χ1v) is 10.3. The van der Waals surface area contributed by atoms with Crippen LogP contribution in [0.4, 0.5) is 11.4 Å². The average Bonchev–Trinajstić information content (AvgIpc) is 3.03. The van der Waals surface area contributed by atoms with Gasteiger partial charge in [-0.15, -0.1) is 0 Å². The Kier molecular flexibility index (Phi) is 5.31. The molecule has 1 aliphatic rings. The van der Waals surface area contributed by atoms with Crippen molar-refractivity contribution in [3.8, 4) is 11.8 Å². The molecule has 3 rings (SSSR count). The van der Waals surface area contributed by atoms with Gasteiger partial charge in [-0.25, -0.2) is 13.2 Å². The van der Waals surface area contributed by atoms with Crippen LogP contribution in [0.1, 0.15) is 16.1 Å². The Hall–Kier alpha value is -3.03. The molecule has 0 saturated carbocycles. The van der Waals surface area contributed by atoms with Crippen molar-refractivity contribution in [1.29, 1.82) is 5.26 Å². The number of nitrogen functional groups attached to an aromatic ring is 1. The minimum Gasteiger partial charge on any atom is -0.464 e. The van der Waals surface area contributed by atoms with Gasteiger partial charge in [-0.1, -0.05) is 0 Å². The van der Waals surface area contributed by atoms with Crippen molar-refractivity contribution in [2.24, 2.45) is 0 Å². The van der Waals surface area contributed by atoms with E-state index < -0.39 is 15.8 Å². The lowest BCUT2D eigenvalue weighted by molar-refractivity contribution is 0.0593. The van der Waals surface area contributed by atoms with Crippen LogP contribution < -0.4 is 10.6 Å². The summed E-state index contributed by atoms with van der Waals surface area (Å²) in [4.78, 5) is 14.4. The van der Waals surface area contributed by atoms with E-state index in [1.807, 2.05) is 6.07 Å². The Morgan fingerprint density at radius 2 is 2.00 bits per heavy atom. The normalized spacial score (nSPS) is 14.5. The SMILES string of the molecule is COC(=O)c1c(N)c(C#N)cn1-c1cc(N2CCOCC2)ccc1S(C)(=O)=O. The van der Waals surface area contributed by atoms with Crippen LogP contribution in [0, 0.1) is 11.3 Å². The van der Waals surface area contributed by atoms with Gasteiger partial charge in [0.2, 0.25) is 0 Å². The van der Waals surface area contributed by atoms with E-state index >= 15 is 0 Å². The predicted molar refractivity (Wildman–Crippen MR) is 102 cm³/mol. The number of anilines is 2. The Morgan fingerprint density at radius 3 is 2.57 bits per heavy atom. The van der Waals surface area contributed by atoms with E-state index in [-0.39, 0.29) is 27.5 Å². The first-order chi connectivity index (χ1) is 13.3. The molecule has 2 N–H and O–H groups in total. The van der Waals surface area contributed by atoms with Gasteiger partial charge in [0.1, 0.15) is 6.07 Å². The summed E-state index contributed by atoms with van der Waals surface area (Å²) in [6.07, 6.45) is 2.42. The molecule has 1 fully saturated rings. The molecule has 0 bridgehead atoms. The molecule has 1 aromatic heterocycles. The summed E-state index contributed by atoms with van der Waals surface area (Å²) in [6, 6.07) is 6.77. The zero-order chi connectivity index (χ0) is 20.5. The molecule has 1 aromatic carbocycles. The molecular weight excluding hydrogens is 384 g/mol. The molecule has 0 radical (unpaired) electrons. The van der Waals surface area contributed by atoms with Gasteiger partial charge in [0, 0.05) is 31.2 Å². The summed E-state index contributed by atoms with van der Waals surface area (Å²) >= 11 is 0. The molecule has 0 unspecified atom stereocenters. The maximum absolute atomic E-state index is 12.4. The number of ether oxygens (including phenoxy) is 2. The number of aromatic nitrogens is 1. The first kappa shape index (κ1) is 19.7. The van der Waals surface area contributed by atoms with E-state index in [0.29, 0.717) is 26.3 Å². The lowest BCUT2D eigenvalue weighted by Gasteiger charge is -2.29. The van der Waals surface area contributed by atoms with Crippen LogP contribution in [0.2, 0.25) is 0 Å². The summed E-state index contributed by atoms with van der Waals surface area (Å²) in [5.74, 6) is -0.768. The third kappa shape index (κ3) is 3.54. The largest absolute Gasteiger partial charge is 0.464 e. The molecular formula is C18H20N4O5S. The van der Waals surface area contributed by atoms with Gasteiger partial charge >= 0.3 is 5.97 Å². The van der Waals surface area contributed by atoms with Gasteiger partial charge in [0.15, 0.2) is 15.5 Å². The Morgan fingerprint density at radius 1 is 1.32 bits per heavy atom. The molecule has 2 aromatic rings. The van der Waals surface area contributed by atoms with Gasteiger partial charge in [-0.3, -0.25) is 0 Å². The number of nitrogens with two attached hydrogens (primary N) is 1. The predicted octanol–water partition coefficient (Wildman–Crippen LogP) is 0.958. The topological polar surface area (TPSA) is 128 Å². The van der Waals surface area contributed by atoms with Crippen LogP contribution in [0.15, 0.2) is 29.3 Å². The van der Waals surface area contributed by atoms with E-state index in [1.165, 1.54) is 23.9 Å². The Bertz CT molecular complexity index is 1060. The second kappa shape index (κ2) is 7.53.